The van der Waals surface area contributed by atoms with Crippen LogP contribution >= 0.6 is 0 Å². The molecule has 0 spiro atoms. The monoisotopic (exact) mass is 220 g/mol. The summed E-state index contributed by atoms with van der Waals surface area (Å²) >= 11 is 0. The normalized spacial score (nSPS) is 18.6. The van der Waals surface area contributed by atoms with Crippen LogP contribution in [-0.4, -0.2) is 19.3 Å². The molecule has 1 saturated heterocycles. The summed E-state index contributed by atoms with van der Waals surface area (Å²) in [5, 5.41) is 0. The summed E-state index contributed by atoms with van der Waals surface area (Å²) in [5.41, 5.74) is 3.99. The van der Waals surface area contributed by atoms with Gasteiger partial charge in [0.25, 0.3) is 0 Å². The van der Waals surface area contributed by atoms with Crippen LogP contribution < -0.4 is 4.74 Å². The summed E-state index contributed by atoms with van der Waals surface area (Å²) in [7, 11) is 0. The van der Waals surface area contributed by atoms with Gasteiger partial charge in [0.2, 0.25) is 0 Å². The zero-order chi connectivity index (χ0) is 11.5. The fourth-order valence-corrected chi connectivity index (χ4v) is 1.98. The van der Waals surface area contributed by atoms with Gasteiger partial charge < -0.3 is 9.47 Å². The lowest BCUT2D eigenvalue weighted by Gasteiger charge is -2.12. The Morgan fingerprint density at radius 2 is 2.06 bits per heavy atom. The first-order valence-electron chi connectivity index (χ1n) is 6.05. The Kier molecular flexibility index (Phi) is 3.49. The van der Waals surface area contributed by atoms with Gasteiger partial charge in [0.1, 0.15) is 5.75 Å². The van der Waals surface area contributed by atoms with Crippen molar-refractivity contribution in [3.8, 4) is 5.75 Å². The number of hydrogen-bond acceptors (Lipinski definition) is 2. The maximum Gasteiger partial charge on any atom is 0.122 e. The van der Waals surface area contributed by atoms with E-state index in [4.69, 9.17) is 9.47 Å². The molecule has 1 aliphatic rings. The second-order valence-corrected chi connectivity index (χ2v) is 4.47. The third-order valence-electron chi connectivity index (χ3n) is 3.07. The van der Waals surface area contributed by atoms with Crippen molar-refractivity contribution < 1.29 is 9.47 Å². The first-order chi connectivity index (χ1) is 7.70. The average Bonchev–Trinajstić information content (AvgIpc) is 3.05. The van der Waals surface area contributed by atoms with Gasteiger partial charge in [-0.2, -0.15) is 0 Å². The van der Waals surface area contributed by atoms with E-state index in [9.17, 15) is 0 Å². The van der Waals surface area contributed by atoms with Gasteiger partial charge in [-0.1, -0.05) is 6.07 Å². The molecule has 1 aromatic carbocycles. The summed E-state index contributed by atoms with van der Waals surface area (Å²) < 4.78 is 10.8. The van der Waals surface area contributed by atoms with Crippen LogP contribution in [0.25, 0.3) is 0 Å². The van der Waals surface area contributed by atoms with Crippen molar-refractivity contribution in [2.45, 2.75) is 39.7 Å². The highest BCUT2D eigenvalue weighted by atomic mass is 16.6. The van der Waals surface area contributed by atoms with Crippen LogP contribution in [0.5, 0.6) is 5.75 Å². The third-order valence-corrected chi connectivity index (χ3v) is 3.07. The summed E-state index contributed by atoms with van der Waals surface area (Å²) in [5.74, 6) is 1.02. The summed E-state index contributed by atoms with van der Waals surface area (Å²) in [6.07, 6.45) is 2.78. The molecule has 0 N–H and O–H groups in total. The molecule has 1 atom stereocenters. The third kappa shape index (κ3) is 2.76. The zero-order valence-electron chi connectivity index (χ0n) is 10.4. The number of epoxide rings is 1. The molecule has 0 saturated carbocycles. The minimum absolute atomic E-state index is 0.520. The Morgan fingerprint density at radius 3 is 2.69 bits per heavy atom. The molecule has 2 rings (SSSR count). The molecule has 1 unspecified atom stereocenters. The van der Waals surface area contributed by atoms with Crippen molar-refractivity contribution in [1.82, 2.24) is 0 Å². The van der Waals surface area contributed by atoms with Crippen LogP contribution in [0.1, 0.15) is 30.0 Å². The molecule has 1 fully saturated rings. The Labute approximate surface area is 97.6 Å². The minimum Gasteiger partial charge on any atom is -0.494 e. The van der Waals surface area contributed by atoms with Crippen molar-refractivity contribution >= 4 is 0 Å². The summed E-state index contributed by atoms with van der Waals surface area (Å²) in [6, 6.07) is 4.41. The SMILES string of the molecule is CCOc1cc(C)c(CCC2CO2)cc1C. The molecule has 0 bridgehead atoms. The largest absolute Gasteiger partial charge is 0.494 e. The van der Waals surface area contributed by atoms with Crippen LogP contribution in [0, 0.1) is 13.8 Å². The average molecular weight is 220 g/mol. The highest BCUT2D eigenvalue weighted by molar-refractivity contribution is 5.41. The number of ether oxygens (including phenoxy) is 2. The first kappa shape index (κ1) is 11.5. The molecule has 1 heterocycles. The molecular weight excluding hydrogens is 200 g/mol. The molecule has 16 heavy (non-hydrogen) atoms. The standard InChI is InChI=1S/C14H20O2/c1-4-15-14-8-10(2)12(7-11(14)3)5-6-13-9-16-13/h7-8,13H,4-6,9H2,1-3H3. The minimum atomic E-state index is 0.520. The number of benzene rings is 1. The highest BCUT2D eigenvalue weighted by Crippen LogP contribution is 2.25. The molecule has 2 heteroatoms. The van der Waals surface area contributed by atoms with Crippen molar-refractivity contribution in [2.75, 3.05) is 13.2 Å². The molecule has 0 aliphatic carbocycles. The first-order valence-corrected chi connectivity index (χ1v) is 6.05. The van der Waals surface area contributed by atoms with Crippen LogP contribution in [-0.2, 0) is 11.2 Å². The number of rotatable bonds is 5. The Bertz CT molecular complexity index is 367. The van der Waals surface area contributed by atoms with E-state index in [-0.39, 0.29) is 0 Å². The van der Waals surface area contributed by atoms with Gasteiger partial charge in [-0.3, -0.25) is 0 Å². The molecule has 0 radical (unpaired) electrons. The highest BCUT2D eigenvalue weighted by Gasteiger charge is 2.22. The van der Waals surface area contributed by atoms with Gasteiger partial charge in [-0.25, -0.2) is 0 Å². The van der Waals surface area contributed by atoms with E-state index in [0.717, 1.165) is 31.8 Å². The smallest absolute Gasteiger partial charge is 0.122 e. The molecule has 1 aromatic rings. The lowest BCUT2D eigenvalue weighted by Crippen LogP contribution is -1.99. The predicted octanol–water partition coefficient (Wildman–Crippen LogP) is 3.03. The quantitative estimate of drug-likeness (QED) is 0.711. The van der Waals surface area contributed by atoms with Gasteiger partial charge in [0.15, 0.2) is 0 Å². The maximum absolute atomic E-state index is 5.59. The van der Waals surface area contributed by atoms with E-state index in [1.54, 1.807) is 0 Å². The van der Waals surface area contributed by atoms with Gasteiger partial charge in [0.05, 0.1) is 19.3 Å². The van der Waals surface area contributed by atoms with E-state index in [1.807, 2.05) is 6.92 Å². The van der Waals surface area contributed by atoms with Crippen LogP contribution in [0.4, 0.5) is 0 Å². The Balaban J connectivity index is 2.08. The van der Waals surface area contributed by atoms with Crippen LogP contribution in [0.15, 0.2) is 12.1 Å². The van der Waals surface area contributed by atoms with Crippen molar-refractivity contribution in [3.05, 3.63) is 28.8 Å². The molecule has 2 nitrogen and oxygen atoms in total. The van der Waals surface area contributed by atoms with Gasteiger partial charge in [-0.15, -0.1) is 0 Å². The zero-order valence-corrected chi connectivity index (χ0v) is 10.4. The second-order valence-electron chi connectivity index (χ2n) is 4.47. The summed E-state index contributed by atoms with van der Waals surface area (Å²) in [6.45, 7) is 7.98. The van der Waals surface area contributed by atoms with E-state index < -0.39 is 0 Å². The van der Waals surface area contributed by atoms with Crippen molar-refractivity contribution in [1.29, 1.82) is 0 Å². The lowest BCUT2D eigenvalue weighted by atomic mass is 10.00. The lowest BCUT2D eigenvalue weighted by molar-refractivity contribution is 0.337. The molecule has 0 amide bonds. The van der Waals surface area contributed by atoms with Crippen molar-refractivity contribution in [3.63, 3.8) is 0 Å². The Morgan fingerprint density at radius 1 is 1.31 bits per heavy atom. The molecule has 1 aliphatic heterocycles. The predicted molar refractivity (Wildman–Crippen MR) is 65.1 cm³/mol. The molecule has 0 aromatic heterocycles. The fourth-order valence-electron chi connectivity index (χ4n) is 1.98. The van der Waals surface area contributed by atoms with Gasteiger partial charge in [-0.05, 0) is 56.4 Å². The molecular formula is C14H20O2. The van der Waals surface area contributed by atoms with Crippen LogP contribution in [0.2, 0.25) is 0 Å². The maximum atomic E-state index is 5.59. The van der Waals surface area contributed by atoms with E-state index >= 15 is 0 Å². The Hall–Kier alpha value is -1.02. The van der Waals surface area contributed by atoms with E-state index in [1.165, 1.54) is 16.7 Å². The van der Waals surface area contributed by atoms with E-state index in [2.05, 4.69) is 26.0 Å². The molecule has 88 valence electrons. The number of hydrogen-bond donors (Lipinski definition) is 0. The summed E-state index contributed by atoms with van der Waals surface area (Å²) in [4.78, 5) is 0. The second kappa shape index (κ2) is 4.88. The van der Waals surface area contributed by atoms with Crippen LogP contribution in [0.3, 0.4) is 0 Å². The van der Waals surface area contributed by atoms with Crippen molar-refractivity contribution in [2.24, 2.45) is 0 Å². The van der Waals surface area contributed by atoms with Gasteiger partial charge in [0, 0.05) is 0 Å². The van der Waals surface area contributed by atoms with E-state index in [0.29, 0.717) is 6.10 Å². The van der Waals surface area contributed by atoms with Gasteiger partial charge >= 0.3 is 0 Å². The topological polar surface area (TPSA) is 21.8 Å². The fraction of sp³-hybridized carbons (Fsp3) is 0.571. The number of aryl methyl sites for hydroxylation is 3.